The van der Waals surface area contributed by atoms with Gasteiger partial charge >= 0.3 is 0 Å². The molecule has 4 nitrogen and oxygen atoms in total. The van der Waals surface area contributed by atoms with Crippen LogP contribution in [-0.2, 0) is 0 Å². The highest BCUT2D eigenvalue weighted by Crippen LogP contribution is 2.52. The van der Waals surface area contributed by atoms with Crippen LogP contribution in [0.15, 0.2) is 53.1 Å². The molecular formula is C22H28N2O2. The van der Waals surface area contributed by atoms with Crippen molar-refractivity contribution in [1.82, 2.24) is 10.2 Å². The Morgan fingerprint density at radius 1 is 1.12 bits per heavy atom. The molecule has 26 heavy (non-hydrogen) atoms. The van der Waals surface area contributed by atoms with Gasteiger partial charge in [-0.2, -0.15) is 0 Å². The molecule has 2 aliphatic rings. The summed E-state index contributed by atoms with van der Waals surface area (Å²) in [6, 6.07) is 15.4. The zero-order valence-corrected chi connectivity index (χ0v) is 15.7. The Kier molecular flexibility index (Phi) is 4.62. The highest BCUT2D eigenvalue weighted by atomic mass is 16.3. The van der Waals surface area contributed by atoms with Gasteiger partial charge in [0.05, 0.1) is 6.26 Å². The fourth-order valence-corrected chi connectivity index (χ4v) is 4.55. The first-order valence-corrected chi connectivity index (χ1v) is 9.69. The maximum Gasteiger partial charge on any atom is 0.289 e. The van der Waals surface area contributed by atoms with Crippen molar-refractivity contribution in [3.05, 3.63) is 60.1 Å². The molecule has 0 radical (unpaired) electrons. The third-order valence-electron chi connectivity index (χ3n) is 6.42. The summed E-state index contributed by atoms with van der Waals surface area (Å²) in [5.41, 5.74) is 1.72. The van der Waals surface area contributed by atoms with Gasteiger partial charge < -0.3 is 14.6 Å². The summed E-state index contributed by atoms with van der Waals surface area (Å²) in [6.45, 7) is 6.35. The first-order valence-electron chi connectivity index (χ1n) is 9.69. The minimum Gasteiger partial charge on any atom is -0.459 e. The van der Waals surface area contributed by atoms with Gasteiger partial charge in [-0.25, -0.2) is 0 Å². The van der Waals surface area contributed by atoms with Gasteiger partial charge in [-0.05, 0) is 48.3 Å². The van der Waals surface area contributed by atoms with E-state index in [0.29, 0.717) is 23.8 Å². The molecule has 138 valence electrons. The van der Waals surface area contributed by atoms with Crippen LogP contribution in [-0.4, -0.2) is 36.0 Å². The number of rotatable bonds is 4. The van der Waals surface area contributed by atoms with E-state index in [9.17, 15) is 4.79 Å². The number of carbonyl (C=O) groups excluding carboxylic acids is 1. The molecule has 2 fully saturated rings. The van der Waals surface area contributed by atoms with Gasteiger partial charge in [-0.1, -0.05) is 44.2 Å². The van der Waals surface area contributed by atoms with E-state index in [-0.39, 0.29) is 11.3 Å². The lowest BCUT2D eigenvalue weighted by atomic mass is 9.56. The first-order chi connectivity index (χ1) is 12.6. The molecule has 2 unspecified atom stereocenters. The van der Waals surface area contributed by atoms with E-state index in [1.165, 1.54) is 12.0 Å². The van der Waals surface area contributed by atoms with Crippen LogP contribution < -0.4 is 5.32 Å². The highest BCUT2D eigenvalue weighted by Gasteiger charge is 2.49. The van der Waals surface area contributed by atoms with Crippen molar-refractivity contribution < 1.29 is 9.21 Å². The number of likely N-dealkylation sites (tertiary alicyclic amines) is 1. The number of carbonyl (C=O) groups is 1. The molecule has 2 aromatic rings. The van der Waals surface area contributed by atoms with Crippen molar-refractivity contribution in [1.29, 1.82) is 0 Å². The molecule has 1 aromatic heterocycles. The number of hydrogen-bond donors (Lipinski definition) is 1. The monoisotopic (exact) mass is 352 g/mol. The standard InChI is InChI=1S/C22H28N2O2/c1-22(2)18(16-7-4-3-5-8-16)15-20(22)23-17-10-12-24(13-11-17)21(25)19-9-6-14-26-19/h3-9,14,17-18,20,23H,10-13,15H2,1-2H3. The Morgan fingerprint density at radius 2 is 1.85 bits per heavy atom. The predicted molar refractivity (Wildman–Crippen MR) is 102 cm³/mol. The number of piperidine rings is 1. The summed E-state index contributed by atoms with van der Waals surface area (Å²) in [5.74, 6) is 1.09. The van der Waals surface area contributed by atoms with E-state index in [1.54, 1.807) is 18.4 Å². The summed E-state index contributed by atoms with van der Waals surface area (Å²) >= 11 is 0. The van der Waals surface area contributed by atoms with E-state index in [4.69, 9.17) is 4.42 Å². The maximum absolute atomic E-state index is 12.4. The second-order valence-electron chi connectivity index (χ2n) is 8.28. The van der Waals surface area contributed by atoms with Crippen molar-refractivity contribution in [2.75, 3.05) is 13.1 Å². The fraction of sp³-hybridized carbons (Fsp3) is 0.500. The van der Waals surface area contributed by atoms with Crippen molar-refractivity contribution in [2.24, 2.45) is 5.41 Å². The van der Waals surface area contributed by atoms with Crippen LogP contribution in [0.5, 0.6) is 0 Å². The molecule has 4 rings (SSSR count). The SMILES string of the molecule is CC1(C)C(NC2CCN(C(=O)c3ccco3)CC2)CC1c1ccccc1. The maximum atomic E-state index is 12.4. The Labute approximate surface area is 155 Å². The number of amides is 1. The van der Waals surface area contributed by atoms with Crippen LogP contribution in [0.1, 0.15) is 55.1 Å². The quantitative estimate of drug-likeness (QED) is 0.903. The zero-order valence-electron chi connectivity index (χ0n) is 15.7. The molecule has 1 saturated carbocycles. The van der Waals surface area contributed by atoms with Gasteiger partial charge in [-0.15, -0.1) is 0 Å². The predicted octanol–water partition coefficient (Wildman–Crippen LogP) is 4.06. The molecular weight excluding hydrogens is 324 g/mol. The largest absolute Gasteiger partial charge is 0.459 e. The minimum absolute atomic E-state index is 0.0153. The summed E-state index contributed by atoms with van der Waals surface area (Å²) in [4.78, 5) is 14.3. The van der Waals surface area contributed by atoms with Gasteiger partial charge in [0.25, 0.3) is 5.91 Å². The Hall–Kier alpha value is -2.07. The molecule has 1 N–H and O–H groups in total. The van der Waals surface area contributed by atoms with E-state index in [1.807, 2.05) is 4.90 Å². The smallest absolute Gasteiger partial charge is 0.289 e. The van der Waals surface area contributed by atoms with Gasteiger partial charge in [-0.3, -0.25) is 4.79 Å². The van der Waals surface area contributed by atoms with E-state index in [2.05, 4.69) is 49.5 Å². The molecule has 1 amide bonds. The third kappa shape index (κ3) is 3.18. The topological polar surface area (TPSA) is 45.5 Å². The Morgan fingerprint density at radius 3 is 2.46 bits per heavy atom. The number of hydrogen-bond acceptors (Lipinski definition) is 3. The lowest BCUT2D eigenvalue weighted by molar-refractivity contribution is 0.0456. The number of furan rings is 1. The highest BCUT2D eigenvalue weighted by molar-refractivity contribution is 5.91. The van der Waals surface area contributed by atoms with Crippen LogP contribution in [0.3, 0.4) is 0 Å². The molecule has 1 aliphatic heterocycles. The molecule has 0 bridgehead atoms. The summed E-state index contributed by atoms with van der Waals surface area (Å²) in [6.07, 6.45) is 4.77. The second kappa shape index (κ2) is 6.92. The van der Waals surface area contributed by atoms with Crippen molar-refractivity contribution in [3.8, 4) is 0 Å². The molecule has 1 aromatic carbocycles. The molecule has 1 aliphatic carbocycles. The normalized spacial score (nSPS) is 25.7. The lowest BCUT2D eigenvalue weighted by Crippen LogP contribution is -2.59. The van der Waals surface area contributed by atoms with Crippen LogP contribution in [0.4, 0.5) is 0 Å². The van der Waals surface area contributed by atoms with Crippen LogP contribution >= 0.6 is 0 Å². The van der Waals surface area contributed by atoms with E-state index >= 15 is 0 Å². The third-order valence-corrected chi connectivity index (χ3v) is 6.42. The van der Waals surface area contributed by atoms with Crippen LogP contribution in [0, 0.1) is 5.41 Å². The van der Waals surface area contributed by atoms with Crippen molar-refractivity contribution in [2.45, 2.75) is 51.1 Å². The van der Waals surface area contributed by atoms with Gasteiger partial charge in [0.2, 0.25) is 0 Å². The van der Waals surface area contributed by atoms with Crippen LogP contribution in [0.25, 0.3) is 0 Å². The Balaban J connectivity index is 1.29. The average Bonchev–Trinajstić information content (AvgIpc) is 3.20. The Bertz CT molecular complexity index is 731. The summed E-state index contributed by atoms with van der Waals surface area (Å²) in [7, 11) is 0. The average molecular weight is 352 g/mol. The van der Waals surface area contributed by atoms with E-state index in [0.717, 1.165) is 25.9 Å². The summed E-state index contributed by atoms with van der Waals surface area (Å²) in [5, 5.41) is 3.88. The van der Waals surface area contributed by atoms with E-state index < -0.39 is 0 Å². The molecule has 0 spiro atoms. The van der Waals surface area contributed by atoms with Gasteiger partial charge in [0.1, 0.15) is 0 Å². The fourth-order valence-electron chi connectivity index (χ4n) is 4.55. The lowest BCUT2D eigenvalue weighted by Gasteiger charge is -2.54. The zero-order chi connectivity index (χ0) is 18.1. The minimum atomic E-state index is 0.0153. The van der Waals surface area contributed by atoms with Gasteiger partial charge in [0, 0.05) is 25.2 Å². The first kappa shape index (κ1) is 17.3. The van der Waals surface area contributed by atoms with Gasteiger partial charge in [0.15, 0.2) is 5.76 Å². The van der Waals surface area contributed by atoms with Crippen LogP contribution in [0.2, 0.25) is 0 Å². The number of nitrogens with zero attached hydrogens (tertiary/aromatic N) is 1. The summed E-state index contributed by atoms with van der Waals surface area (Å²) < 4.78 is 5.24. The second-order valence-corrected chi connectivity index (χ2v) is 8.28. The van der Waals surface area contributed by atoms with Crippen molar-refractivity contribution >= 4 is 5.91 Å². The molecule has 2 heterocycles. The number of benzene rings is 1. The van der Waals surface area contributed by atoms with Crippen molar-refractivity contribution in [3.63, 3.8) is 0 Å². The molecule has 4 heteroatoms. The molecule has 2 atom stereocenters. The number of nitrogens with one attached hydrogen (secondary N) is 1. The molecule has 1 saturated heterocycles.